The minimum Gasteiger partial charge on any atom is -0.481 e. The molecule has 1 aliphatic heterocycles. The lowest BCUT2D eigenvalue weighted by Crippen LogP contribution is -2.48. The van der Waals surface area contributed by atoms with Gasteiger partial charge in [-0.1, -0.05) is 0 Å². The molecule has 114 valence electrons. The molecule has 1 N–H and O–H groups in total. The Labute approximate surface area is 125 Å². The number of anilines is 1. The Morgan fingerprint density at radius 3 is 2.38 bits per heavy atom. The van der Waals surface area contributed by atoms with Crippen molar-refractivity contribution in [2.45, 2.75) is 19.8 Å². The van der Waals surface area contributed by atoms with Crippen LogP contribution in [0.1, 0.15) is 30.1 Å². The molecule has 0 bridgehead atoms. The average molecular weight is 290 g/mol. The highest BCUT2D eigenvalue weighted by Crippen LogP contribution is 2.30. The number of carbonyl (C=O) groups is 2. The summed E-state index contributed by atoms with van der Waals surface area (Å²) in [5.41, 5.74) is 0.799. The van der Waals surface area contributed by atoms with Gasteiger partial charge in [0, 0.05) is 38.4 Å². The van der Waals surface area contributed by atoms with Gasteiger partial charge >= 0.3 is 5.97 Å². The van der Waals surface area contributed by atoms with Gasteiger partial charge in [0.25, 0.3) is 5.91 Å². The summed E-state index contributed by atoms with van der Waals surface area (Å²) in [5.74, 6) is -0.921. The van der Waals surface area contributed by atoms with Crippen LogP contribution in [0.25, 0.3) is 0 Å². The molecule has 0 aliphatic carbocycles. The van der Waals surface area contributed by atoms with Gasteiger partial charge in [-0.15, -0.1) is 0 Å². The van der Waals surface area contributed by atoms with E-state index in [0.29, 0.717) is 18.5 Å². The Balaban J connectivity index is 2.14. The Morgan fingerprint density at radius 1 is 1.24 bits per heavy atom. The van der Waals surface area contributed by atoms with Crippen LogP contribution in [0.5, 0.6) is 0 Å². The second-order valence-electron chi connectivity index (χ2n) is 6.14. The molecule has 0 spiro atoms. The number of carboxylic acid groups (broad SMARTS) is 1. The number of likely N-dealkylation sites (tertiary alicyclic amines) is 1. The van der Waals surface area contributed by atoms with E-state index < -0.39 is 11.4 Å². The van der Waals surface area contributed by atoms with Crippen LogP contribution in [-0.2, 0) is 4.79 Å². The van der Waals surface area contributed by atoms with Crippen LogP contribution in [0, 0.1) is 5.41 Å². The van der Waals surface area contributed by atoms with Crippen molar-refractivity contribution in [3.8, 4) is 0 Å². The Hall–Kier alpha value is -2.04. The fraction of sp³-hybridized carbons (Fsp3) is 0.500. The van der Waals surface area contributed by atoms with Crippen molar-refractivity contribution >= 4 is 17.6 Å². The van der Waals surface area contributed by atoms with Crippen LogP contribution in [0.3, 0.4) is 0 Å². The zero-order valence-corrected chi connectivity index (χ0v) is 12.8. The first kappa shape index (κ1) is 15.4. The van der Waals surface area contributed by atoms with Crippen LogP contribution < -0.4 is 4.90 Å². The van der Waals surface area contributed by atoms with Crippen molar-refractivity contribution in [3.05, 3.63) is 29.8 Å². The highest BCUT2D eigenvalue weighted by molar-refractivity contribution is 5.95. The molecule has 1 amide bonds. The minimum absolute atomic E-state index is 0.0903. The van der Waals surface area contributed by atoms with Crippen LogP contribution in [-0.4, -0.2) is 49.1 Å². The molecule has 1 unspecified atom stereocenters. The van der Waals surface area contributed by atoms with Gasteiger partial charge in [0.05, 0.1) is 5.41 Å². The van der Waals surface area contributed by atoms with Crippen LogP contribution in [0.2, 0.25) is 0 Å². The van der Waals surface area contributed by atoms with E-state index in [2.05, 4.69) is 0 Å². The molecule has 1 fully saturated rings. The maximum absolute atomic E-state index is 12.5. The maximum atomic E-state index is 12.5. The first-order chi connectivity index (χ1) is 9.83. The van der Waals surface area contributed by atoms with Crippen molar-refractivity contribution in [3.63, 3.8) is 0 Å². The van der Waals surface area contributed by atoms with E-state index in [1.165, 1.54) is 0 Å². The summed E-state index contributed by atoms with van der Waals surface area (Å²) < 4.78 is 0. The number of hydrogen-bond acceptors (Lipinski definition) is 3. The number of aliphatic carboxylic acids is 1. The average Bonchev–Trinajstić information content (AvgIpc) is 2.46. The number of carbonyl (C=O) groups excluding carboxylic acids is 1. The van der Waals surface area contributed by atoms with Crippen molar-refractivity contribution in [2.24, 2.45) is 5.41 Å². The number of amides is 1. The van der Waals surface area contributed by atoms with Crippen molar-refractivity contribution < 1.29 is 14.7 Å². The third-order valence-electron chi connectivity index (χ3n) is 4.13. The lowest BCUT2D eigenvalue weighted by molar-refractivity contribution is -0.150. The number of rotatable bonds is 3. The van der Waals surface area contributed by atoms with E-state index in [-0.39, 0.29) is 12.5 Å². The number of carboxylic acids is 1. The van der Waals surface area contributed by atoms with Gasteiger partial charge in [-0.05, 0) is 44.0 Å². The number of nitrogens with zero attached hydrogens (tertiary/aromatic N) is 2. The number of hydrogen-bond donors (Lipinski definition) is 1. The molecule has 1 heterocycles. The molecule has 0 saturated carbocycles. The summed E-state index contributed by atoms with van der Waals surface area (Å²) >= 11 is 0. The predicted molar refractivity (Wildman–Crippen MR) is 81.6 cm³/mol. The topological polar surface area (TPSA) is 60.9 Å². The predicted octanol–water partition coefficient (Wildman–Crippen LogP) is 2.08. The summed E-state index contributed by atoms with van der Waals surface area (Å²) in [6.07, 6.45) is 1.34. The quantitative estimate of drug-likeness (QED) is 0.926. The molecule has 2 rings (SSSR count). The van der Waals surface area contributed by atoms with Crippen LogP contribution in [0.4, 0.5) is 5.69 Å². The van der Waals surface area contributed by atoms with Crippen LogP contribution >= 0.6 is 0 Å². The molecule has 1 aromatic carbocycles. The van der Waals surface area contributed by atoms with Gasteiger partial charge in [-0.3, -0.25) is 9.59 Å². The summed E-state index contributed by atoms with van der Waals surface area (Å²) in [7, 11) is 3.89. The van der Waals surface area contributed by atoms with Gasteiger partial charge in [0.15, 0.2) is 0 Å². The first-order valence-electron chi connectivity index (χ1n) is 7.13. The van der Waals surface area contributed by atoms with Gasteiger partial charge in [0.2, 0.25) is 0 Å². The standard InChI is InChI=1S/C16H22N2O3/c1-16(15(20)21)9-4-10-18(11-16)14(19)12-5-7-13(8-6-12)17(2)3/h5-8H,4,9-11H2,1-3H3,(H,20,21). The zero-order chi connectivity index (χ0) is 15.6. The number of piperidine rings is 1. The second kappa shape index (κ2) is 5.76. The third-order valence-corrected chi connectivity index (χ3v) is 4.13. The molecule has 1 saturated heterocycles. The zero-order valence-electron chi connectivity index (χ0n) is 12.8. The Kier molecular flexibility index (Phi) is 4.21. The second-order valence-corrected chi connectivity index (χ2v) is 6.14. The summed E-state index contributed by atoms with van der Waals surface area (Å²) in [5, 5.41) is 9.32. The smallest absolute Gasteiger partial charge is 0.311 e. The molecule has 21 heavy (non-hydrogen) atoms. The molecule has 0 radical (unpaired) electrons. The molecule has 5 heteroatoms. The van der Waals surface area contributed by atoms with Gasteiger partial charge < -0.3 is 14.9 Å². The molecule has 0 aromatic heterocycles. The van der Waals surface area contributed by atoms with E-state index in [1.807, 2.05) is 31.1 Å². The summed E-state index contributed by atoms with van der Waals surface area (Å²) in [6.45, 7) is 2.61. The normalized spacial score (nSPS) is 22.0. The molecular formula is C16H22N2O3. The number of benzene rings is 1. The van der Waals surface area contributed by atoms with Crippen molar-refractivity contribution in [2.75, 3.05) is 32.1 Å². The lowest BCUT2D eigenvalue weighted by atomic mass is 9.82. The summed E-state index contributed by atoms with van der Waals surface area (Å²) in [6, 6.07) is 7.38. The van der Waals surface area contributed by atoms with E-state index in [4.69, 9.17) is 0 Å². The SMILES string of the molecule is CN(C)c1ccc(C(=O)N2CCCC(C)(C(=O)O)C2)cc1. The fourth-order valence-electron chi connectivity index (χ4n) is 2.67. The summed E-state index contributed by atoms with van der Waals surface area (Å²) in [4.78, 5) is 27.5. The van der Waals surface area contributed by atoms with E-state index >= 15 is 0 Å². The Bertz CT molecular complexity index is 539. The maximum Gasteiger partial charge on any atom is 0.311 e. The molecule has 5 nitrogen and oxygen atoms in total. The van der Waals surface area contributed by atoms with Gasteiger partial charge in [-0.2, -0.15) is 0 Å². The fourth-order valence-corrected chi connectivity index (χ4v) is 2.67. The third kappa shape index (κ3) is 3.17. The van der Waals surface area contributed by atoms with Gasteiger partial charge in [-0.25, -0.2) is 0 Å². The van der Waals surface area contributed by atoms with E-state index in [1.54, 1.807) is 24.0 Å². The first-order valence-corrected chi connectivity index (χ1v) is 7.13. The largest absolute Gasteiger partial charge is 0.481 e. The van der Waals surface area contributed by atoms with E-state index in [9.17, 15) is 14.7 Å². The highest BCUT2D eigenvalue weighted by atomic mass is 16.4. The molecule has 1 atom stereocenters. The highest BCUT2D eigenvalue weighted by Gasteiger charge is 2.39. The van der Waals surface area contributed by atoms with E-state index in [0.717, 1.165) is 12.1 Å². The Morgan fingerprint density at radius 2 is 1.86 bits per heavy atom. The molecule has 1 aromatic rings. The lowest BCUT2D eigenvalue weighted by Gasteiger charge is -2.37. The minimum atomic E-state index is -0.836. The monoisotopic (exact) mass is 290 g/mol. The van der Waals surface area contributed by atoms with Gasteiger partial charge in [0.1, 0.15) is 0 Å². The van der Waals surface area contributed by atoms with Crippen LogP contribution in [0.15, 0.2) is 24.3 Å². The molecular weight excluding hydrogens is 268 g/mol. The van der Waals surface area contributed by atoms with Crippen molar-refractivity contribution in [1.29, 1.82) is 0 Å². The van der Waals surface area contributed by atoms with Crippen molar-refractivity contribution in [1.82, 2.24) is 4.90 Å². The molecule has 1 aliphatic rings.